The summed E-state index contributed by atoms with van der Waals surface area (Å²) < 4.78 is 1.91. The van der Waals surface area contributed by atoms with Gasteiger partial charge in [-0.2, -0.15) is 5.10 Å². The molecule has 2 aromatic carbocycles. The van der Waals surface area contributed by atoms with Gasteiger partial charge in [0.05, 0.1) is 11.2 Å². The summed E-state index contributed by atoms with van der Waals surface area (Å²) in [5.41, 5.74) is 4.14. The molecule has 114 valence electrons. The Labute approximate surface area is 134 Å². The summed E-state index contributed by atoms with van der Waals surface area (Å²) in [5, 5.41) is 9.17. The second kappa shape index (κ2) is 5.39. The zero-order valence-electron chi connectivity index (χ0n) is 13.2. The summed E-state index contributed by atoms with van der Waals surface area (Å²) in [5.74, 6) is 0.893. The fraction of sp³-hybridized carbons (Fsp3) is 0.158. The zero-order chi connectivity index (χ0) is 15.8. The Morgan fingerprint density at radius 3 is 2.57 bits per heavy atom. The van der Waals surface area contributed by atoms with E-state index in [0.29, 0.717) is 0 Å². The fourth-order valence-corrected chi connectivity index (χ4v) is 2.92. The maximum Gasteiger partial charge on any atom is 0.158 e. The van der Waals surface area contributed by atoms with Crippen LogP contribution < -0.4 is 5.32 Å². The second-order valence-corrected chi connectivity index (χ2v) is 5.81. The molecule has 0 aliphatic heterocycles. The van der Waals surface area contributed by atoms with Crippen LogP contribution in [0.2, 0.25) is 0 Å². The largest absolute Gasteiger partial charge is 0.363 e. The molecule has 0 aliphatic carbocycles. The SMILES string of the molecule is Cc1cc2nc(NC(C)c3ccccc3)c3ccccc3n2n1. The highest BCUT2D eigenvalue weighted by atomic mass is 15.3. The van der Waals surface area contributed by atoms with E-state index in [4.69, 9.17) is 4.98 Å². The van der Waals surface area contributed by atoms with Gasteiger partial charge in [-0.1, -0.05) is 42.5 Å². The van der Waals surface area contributed by atoms with Gasteiger partial charge in [-0.25, -0.2) is 9.50 Å². The number of para-hydroxylation sites is 1. The van der Waals surface area contributed by atoms with Gasteiger partial charge in [0.2, 0.25) is 0 Å². The first-order chi connectivity index (χ1) is 11.2. The van der Waals surface area contributed by atoms with Crippen molar-refractivity contribution >= 4 is 22.4 Å². The van der Waals surface area contributed by atoms with Gasteiger partial charge < -0.3 is 5.32 Å². The molecule has 2 aromatic heterocycles. The molecule has 4 aromatic rings. The molecule has 0 amide bonds. The number of nitrogens with zero attached hydrogens (tertiary/aromatic N) is 3. The van der Waals surface area contributed by atoms with Gasteiger partial charge in [0.1, 0.15) is 5.82 Å². The van der Waals surface area contributed by atoms with Crippen LogP contribution >= 0.6 is 0 Å². The maximum atomic E-state index is 4.78. The molecule has 0 fully saturated rings. The number of benzene rings is 2. The molecule has 0 radical (unpaired) electrons. The third-order valence-corrected chi connectivity index (χ3v) is 4.08. The van der Waals surface area contributed by atoms with Crippen molar-refractivity contribution in [2.45, 2.75) is 19.9 Å². The van der Waals surface area contributed by atoms with Crippen molar-refractivity contribution in [3.63, 3.8) is 0 Å². The van der Waals surface area contributed by atoms with Crippen LogP contribution in [0.1, 0.15) is 24.2 Å². The Morgan fingerprint density at radius 2 is 1.74 bits per heavy atom. The molecule has 4 nitrogen and oxygen atoms in total. The Hall–Kier alpha value is -2.88. The highest BCUT2D eigenvalue weighted by Gasteiger charge is 2.12. The van der Waals surface area contributed by atoms with Crippen LogP contribution in [-0.2, 0) is 0 Å². The smallest absolute Gasteiger partial charge is 0.158 e. The minimum atomic E-state index is 0.179. The number of hydrogen-bond acceptors (Lipinski definition) is 3. The van der Waals surface area contributed by atoms with Crippen molar-refractivity contribution in [3.05, 3.63) is 71.9 Å². The molecule has 1 N–H and O–H groups in total. The lowest BCUT2D eigenvalue weighted by Crippen LogP contribution is -2.09. The second-order valence-electron chi connectivity index (χ2n) is 5.81. The molecular formula is C19H18N4. The van der Waals surface area contributed by atoms with E-state index < -0.39 is 0 Å². The summed E-state index contributed by atoms with van der Waals surface area (Å²) in [6.45, 7) is 4.14. The lowest BCUT2D eigenvalue weighted by Gasteiger charge is -2.17. The van der Waals surface area contributed by atoms with Crippen molar-refractivity contribution in [2.75, 3.05) is 5.32 Å². The number of nitrogens with one attached hydrogen (secondary N) is 1. The summed E-state index contributed by atoms with van der Waals surface area (Å²) in [6.07, 6.45) is 0. The molecule has 4 rings (SSSR count). The van der Waals surface area contributed by atoms with Gasteiger partial charge in [0, 0.05) is 17.5 Å². The first-order valence-electron chi connectivity index (χ1n) is 7.79. The number of aromatic nitrogens is 3. The van der Waals surface area contributed by atoms with Crippen molar-refractivity contribution in [3.8, 4) is 0 Å². The minimum Gasteiger partial charge on any atom is -0.363 e. The predicted octanol–water partition coefficient (Wildman–Crippen LogP) is 4.36. The van der Waals surface area contributed by atoms with Crippen LogP contribution in [0.3, 0.4) is 0 Å². The van der Waals surface area contributed by atoms with Crippen LogP contribution in [0.4, 0.5) is 5.82 Å². The highest BCUT2D eigenvalue weighted by molar-refractivity contribution is 5.91. The van der Waals surface area contributed by atoms with E-state index in [1.807, 2.05) is 35.7 Å². The number of hydrogen-bond donors (Lipinski definition) is 1. The number of anilines is 1. The topological polar surface area (TPSA) is 42.2 Å². The Bertz CT molecular complexity index is 973. The molecule has 0 spiro atoms. The first kappa shape index (κ1) is 13.8. The average molecular weight is 302 g/mol. The molecule has 0 bridgehead atoms. The molecule has 0 saturated heterocycles. The van der Waals surface area contributed by atoms with E-state index in [9.17, 15) is 0 Å². The van der Waals surface area contributed by atoms with Crippen molar-refractivity contribution in [2.24, 2.45) is 0 Å². The van der Waals surface area contributed by atoms with Crippen molar-refractivity contribution in [1.29, 1.82) is 0 Å². The van der Waals surface area contributed by atoms with E-state index in [-0.39, 0.29) is 6.04 Å². The van der Waals surface area contributed by atoms with Gasteiger partial charge in [-0.3, -0.25) is 0 Å². The van der Waals surface area contributed by atoms with Gasteiger partial charge in [0.15, 0.2) is 5.65 Å². The van der Waals surface area contributed by atoms with Crippen LogP contribution in [0.15, 0.2) is 60.7 Å². The van der Waals surface area contributed by atoms with E-state index in [2.05, 4.69) is 53.7 Å². The molecular weight excluding hydrogens is 284 g/mol. The molecule has 2 heterocycles. The lowest BCUT2D eigenvalue weighted by molar-refractivity contribution is 0.874. The van der Waals surface area contributed by atoms with Gasteiger partial charge in [-0.05, 0) is 31.5 Å². The molecule has 23 heavy (non-hydrogen) atoms. The predicted molar refractivity (Wildman–Crippen MR) is 93.7 cm³/mol. The van der Waals surface area contributed by atoms with E-state index in [1.54, 1.807) is 0 Å². The third-order valence-electron chi connectivity index (χ3n) is 4.08. The number of aryl methyl sites for hydroxylation is 1. The Kier molecular flexibility index (Phi) is 3.23. The maximum absolute atomic E-state index is 4.78. The third kappa shape index (κ3) is 2.42. The molecule has 1 atom stereocenters. The molecule has 1 unspecified atom stereocenters. The number of rotatable bonds is 3. The van der Waals surface area contributed by atoms with Crippen molar-refractivity contribution in [1.82, 2.24) is 14.6 Å². The average Bonchev–Trinajstić information content (AvgIpc) is 2.96. The summed E-state index contributed by atoms with van der Waals surface area (Å²) in [7, 11) is 0. The quantitative estimate of drug-likeness (QED) is 0.611. The summed E-state index contributed by atoms with van der Waals surface area (Å²) in [6, 6.07) is 20.8. The van der Waals surface area contributed by atoms with Crippen LogP contribution in [0, 0.1) is 6.92 Å². The van der Waals surface area contributed by atoms with Crippen LogP contribution in [0.25, 0.3) is 16.6 Å². The monoisotopic (exact) mass is 302 g/mol. The fourth-order valence-electron chi connectivity index (χ4n) is 2.92. The van der Waals surface area contributed by atoms with Crippen LogP contribution in [-0.4, -0.2) is 14.6 Å². The van der Waals surface area contributed by atoms with E-state index in [0.717, 1.165) is 28.1 Å². The summed E-state index contributed by atoms with van der Waals surface area (Å²) >= 11 is 0. The van der Waals surface area contributed by atoms with Crippen LogP contribution in [0.5, 0.6) is 0 Å². The summed E-state index contributed by atoms with van der Waals surface area (Å²) in [4.78, 5) is 4.78. The molecule has 0 saturated carbocycles. The minimum absolute atomic E-state index is 0.179. The highest BCUT2D eigenvalue weighted by Crippen LogP contribution is 2.26. The molecule has 0 aliphatic rings. The molecule has 4 heteroatoms. The van der Waals surface area contributed by atoms with Gasteiger partial charge >= 0.3 is 0 Å². The standard InChI is InChI=1S/C19H18N4/c1-13-12-18-21-19(20-14(2)15-8-4-3-5-9-15)16-10-6-7-11-17(16)23(18)22-13/h3-12,14H,1-2H3,(H,20,21). The van der Waals surface area contributed by atoms with Gasteiger partial charge in [0.25, 0.3) is 0 Å². The Morgan fingerprint density at radius 1 is 1.00 bits per heavy atom. The zero-order valence-corrected chi connectivity index (χ0v) is 13.2. The number of fused-ring (bicyclic) bond motifs is 3. The van der Waals surface area contributed by atoms with E-state index in [1.165, 1.54) is 5.56 Å². The Balaban J connectivity index is 1.85. The van der Waals surface area contributed by atoms with E-state index >= 15 is 0 Å². The normalized spacial score (nSPS) is 12.6. The first-order valence-corrected chi connectivity index (χ1v) is 7.79. The van der Waals surface area contributed by atoms with Crippen molar-refractivity contribution < 1.29 is 0 Å². The lowest BCUT2D eigenvalue weighted by atomic mass is 10.1. The van der Waals surface area contributed by atoms with Gasteiger partial charge in [-0.15, -0.1) is 0 Å².